The van der Waals surface area contributed by atoms with Crippen molar-refractivity contribution >= 4 is 27.5 Å². The Kier molecular flexibility index (Phi) is 7.58. The number of rotatable bonds is 6. The fourth-order valence-corrected chi connectivity index (χ4v) is 7.63. The summed E-state index contributed by atoms with van der Waals surface area (Å²) >= 11 is 0. The lowest BCUT2D eigenvalue weighted by Gasteiger charge is -2.36. The zero-order valence-electron chi connectivity index (χ0n) is 23.8. The Hall–Kier alpha value is -4.08. The van der Waals surface area contributed by atoms with E-state index in [1.807, 2.05) is 11.8 Å². The van der Waals surface area contributed by atoms with Crippen molar-refractivity contribution in [2.45, 2.75) is 49.8 Å². The van der Waals surface area contributed by atoms with E-state index in [0.717, 1.165) is 9.96 Å². The first-order valence-corrected chi connectivity index (χ1v) is 15.3. The van der Waals surface area contributed by atoms with Gasteiger partial charge in [0.25, 0.3) is 0 Å². The van der Waals surface area contributed by atoms with Crippen molar-refractivity contribution in [1.29, 1.82) is 0 Å². The first-order chi connectivity index (χ1) is 20.9. The summed E-state index contributed by atoms with van der Waals surface area (Å²) < 4.78 is 76.2. The molecule has 0 radical (unpaired) electrons. The van der Waals surface area contributed by atoms with Crippen LogP contribution in [0.4, 0.5) is 19.0 Å². The monoisotopic (exact) mass is 630 g/mol. The van der Waals surface area contributed by atoms with Crippen molar-refractivity contribution < 1.29 is 36.2 Å². The smallest absolute Gasteiger partial charge is 0.452 e. The Labute approximate surface area is 251 Å². The molecule has 232 valence electrons. The fraction of sp³-hybridized carbons (Fsp3) is 0.379. The summed E-state index contributed by atoms with van der Waals surface area (Å²) in [6.45, 7) is 4.88. The number of alkyl halides is 3. The third-order valence-electron chi connectivity index (χ3n) is 8.28. The molecule has 3 aromatic heterocycles. The van der Waals surface area contributed by atoms with Crippen molar-refractivity contribution in [1.82, 2.24) is 23.9 Å². The predicted molar refractivity (Wildman–Crippen MR) is 152 cm³/mol. The number of hydrogen-bond donors (Lipinski definition) is 1. The lowest BCUT2D eigenvalue weighted by molar-refractivity contribution is -0.145. The Bertz CT molecular complexity index is 1860. The Morgan fingerprint density at radius 1 is 1.18 bits per heavy atom. The minimum Gasteiger partial charge on any atom is -0.481 e. The van der Waals surface area contributed by atoms with Crippen LogP contribution in [-0.2, 0) is 32.3 Å². The molecule has 0 spiro atoms. The summed E-state index contributed by atoms with van der Waals surface area (Å²) in [6, 6.07) is 9.66. The summed E-state index contributed by atoms with van der Waals surface area (Å²) in [5.74, 6) is -2.64. The van der Waals surface area contributed by atoms with Crippen molar-refractivity contribution in [3.05, 3.63) is 82.4 Å². The minimum absolute atomic E-state index is 0.0115. The summed E-state index contributed by atoms with van der Waals surface area (Å²) in [7, 11) is -3.97. The molecule has 2 aliphatic heterocycles. The van der Waals surface area contributed by atoms with E-state index in [1.54, 1.807) is 43.5 Å². The van der Waals surface area contributed by atoms with E-state index < -0.39 is 33.9 Å². The molecule has 4 aromatic rings. The van der Waals surface area contributed by atoms with Gasteiger partial charge in [-0.15, -0.1) is 10.2 Å². The number of sulfonamides is 1. The summed E-state index contributed by atoms with van der Waals surface area (Å²) in [4.78, 5) is 18.5. The number of hydrogen-bond acceptors (Lipinski definition) is 8. The lowest BCUT2D eigenvalue weighted by Crippen LogP contribution is -2.50. The topological polar surface area (TPSA) is 130 Å². The summed E-state index contributed by atoms with van der Waals surface area (Å²) in [6.07, 6.45) is -2.31. The van der Waals surface area contributed by atoms with Gasteiger partial charge in [-0.05, 0) is 59.9 Å². The number of fused-ring (bicyclic) bond motifs is 4. The molecule has 6 rings (SSSR count). The van der Waals surface area contributed by atoms with E-state index in [2.05, 4.69) is 15.2 Å². The van der Waals surface area contributed by atoms with Crippen molar-refractivity contribution in [3.63, 3.8) is 0 Å². The van der Waals surface area contributed by atoms with Gasteiger partial charge >= 0.3 is 12.1 Å². The van der Waals surface area contributed by atoms with Crippen LogP contribution in [-0.4, -0.2) is 75.7 Å². The molecule has 0 unspecified atom stereocenters. The average molecular weight is 631 g/mol. The Balaban J connectivity index is 1.40. The van der Waals surface area contributed by atoms with Gasteiger partial charge < -0.3 is 14.7 Å². The van der Waals surface area contributed by atoms with Crippen LogP contribution < -0.4 is 4.90 Å². The molecular weight excluding hydrogens is 601 g/mol. The number of morpholine rings is 1. The van der Waals surface area contributed by atoms with Crippen molar-refractivity contribution in [3.8, 4) is 0 Å². The van der Waals surface area contributed by atoms with Crippen LogP contribution in [0.15, 0.2) is 53.7 Å². The maximum atomic E-state index is 14.0. The van der Waals surface area contributed by atoms with Crippen LogP contribution in [0.2, 0.25) is 0 Å². The highest BCUT2D eigenvalue weighted by Crippen LogP contribution is 2.37. The molecular formula is C29H29F3N6O5S. The van der Waals surface area contributed by atoms with Crippen molar-refractivity contribution in [2.24, 2.45) is 0 Å². The third kappa shape index (κ3) is 5.28. The average Bonchev–Trinajstić information content (AvgIpc) is 3.40. The first kappa shape index (κ1) is 30.0. The van der Waals surface area contributed by atoms with Gasteiger partial charge in [0, 0.05) is 37.9 Å². The van der Waals surface area contributed by atoms with Gasteiger partial charge in [-0.25, -0.2) is 13.4 Å². The van der Waals surface area contributed by atoms with Gasteiger partial charge in [0.2, 0.25) is 15.8 Å². The normalized spacial score (nSPS) is 19.3. The third-order valence-corrected chi connectivity index (χ3v) is 10.1. The van der Waals surface area contributed by atoms with E-state index in [9.17, 15) is 31.5 Å². The second-order valence-electron chi connectivity index (χ2n) is 11.0. The van der Waals surface area contributed by atoms with Crippen LogP contribution >= 0.6 is 0 Å². The quantitative estimate of drug-likeness (QED) is 0.338. The number of benzene rings is 1. The minimum atomic E-state index is -4.72. The zero-order valence-corrected chi connectivity index (χ0v) is 24.6. The van der Waals surface area contributed by atoms with Gasteiger partial charge in [0.1, 0.15) is 10.7 Å². The Morgan fingerprint density at radius 3 is 2.73 bits per heavy atom. The Morgan fingerprint density at radius 2 is 1.98 bits per heavy atom. The standard InChI is InChI=1S/C29H29F3N6O5S/c1-17-5-6-19(23(13-25(39)40)22-7-9-38-26(18(22)2)34-35-28(38)29(30,31)32)12-20(17)14-36-15-21-16-43-11-10-37(21)27-24(44(36,41)42)4-3-8-33-27/h3-9,12,21,23H,10-11,13-16H2,1-2H3,(H,39,40)/t21-,23-/m1/s1. The van der Waals surface area contributed by atoms with Gasteiger partial charge in [0.05, 0.1) is 25.7 Å². The number of halogens is 3. The molecule has 44 heavy (non-hydrogen) atoms. The zero-order chi connectivity index (χ0) is 31.4. The SMILES string of the molecule is Cc1ccc([C@@H](CC(=O)O)c2ccn3c(C(F)(F)F)nnc3c2C)cc1CN1C[C@@H]2COCCN2c2ncccc2S1(=O)=O. The summed E-state index contributed by atoms with van der Waals surface area (Å²) in [5, 5.41) is 16.9. The van der Waals surface area contributed by atoms with Gasteiger partial charge in [-0.3, -0.25) is 9.20 Å². The van der Waals surface area contributed by atoms with Crippen LogP contribution in [0.5, 0.6) is 0 Å². The van der Waals surface area contributed by atoms with Gasteiger partial charge in [-0.2, -0.15) is 17.5 Å². The van der Waals surface area contributed by atoms with E-state index >= 15 is 0 Å². The molecule has 0 aliphatic carbocycles. The molecule has 0 bridgehead atoms. The number of aliphatic carboxylic acids is 1. The number of anilines is 1. The number of nitrogens with zero attached hydrogens (tertiary/aromatic N) is 6. The highest BCUT2D eigenvalue weighted by Gasteiger charge is 2.40. The van der Waals surface area contributed by atoms with Crippen LogP contribution in [0, 0.1) is 13.8 Å². The molecule has 1 N–H and O–H groups in total. The largest absolute Gasteiger partial charge is 0.481 e. The number of carboxylic acids is 1. The molecule has 2 aliphatic rings. The number of aryl methyl sites for hydroxylation is 2. The lowest BCUT2D eigenvalue weighted by atomic mass is 9.85. The number of aromatic nitrogens is 4. The molecule has 1 fully saturated rings. The highest BCUT2D eigenvalue weighted by atomic mass is 32.2. The second-order valence-corrected chi connectivity index (χ2v) is 12.9. The molecule has 2 atom stereocenters. The molecule has 1 saturated heterocycles. The molecule has 15 heteroatoms. The molecule has 5 heterocycles. The molecule has 0 saturated carbocycles. The van der Waals surface area contributed by atoms with E-state index in [-0.39, 0.29) is 36.1 Å². The number of ether oxygens (including phenoxy) is 1. The van der Waals surface area contributed by atoms with Crippen LogP contribution in [0.3, 0.4) is 0 Å². The predicted octanol–water partition coefficient (Wildman–Crippen LogP) is 3.78. The molecule has 11 nitrogen and oxygen atoms in total. The number of pyridine rings is 2. The van der Waals surface area contributed by atoms with Crippen molar-refractivity contribution in [2.75, 3.05) is 31.2 Å². The summed E-state index contributed by atoms with van der Waals surface area (Å²) in [5.41, 5.74) is 2.85. The molecule has 0 amide bonds. The van der Waals surface area contributed by atoms with E-state index in [4.69, 9.17) is 4.74 Å². The maximum Gasteiger partial charge on any atom is 0.452 e. The van der Waals surface area contributed by atoms with E-state index in [1.165, 1.54) is 16.6 Å². The maximum absolute atomic E-state index is 14.0. The fourth-order valence-electron chi connectivity index (χ4n) is 6.02. The highest BCUT2D eigenvalue weighted by molar-refractivity contribution is 7.89. The molecule has 1 aromatic carbocycles. The van der Waals surface area contributed by atoms with Gasteiger partial charge in [0.15, 0.2) is 5.65 Å². The van der Waals surface area contributed by atoms with Crippen LogP contribution in [0.25, 0.3) is 5.65 Å². The number of carboxylic acid groups (broad SMARTS) is 1. The second kappa shape index (κ2) is 11.1. The van der Waals surface area contributed by atoms with Gasteiger partial charge in [-0.1, -0.05) is 18.2 Å². The number of carbonyl (C=O) groups is 1. The van der Waals surface area contributed by atoms with E-state index in [0.29, 0.717) is 47.8 Å². The first-order valence-electron chi connectivity index (χ1n) is 13.9. The van der Waals surface area contributed by atoms with Crippen LogP contribution in [0.1, 0.15) is 46.0 Å².